The molecule has 0 spiro atoms. The standard InChI is InChI=1S/C19H40O6/c1-3-4-5-6-19(2)7-9-21-11-13-23-15-17-25-18-16-24-14-12-22-10-8-20/h19-20H,3-18H2,1-2H3. The molecule has 0 radical (unpaired) electrons. The molecule has 0 aromatic carbocycles. The summed E-state index contributed by atoms with van der Waals surface area (Å²) < 4.78 is 26.8. The molecule has 1 unspecified atom stereocenters. The highest BCUT2D eigenvalue weighted by Crippen LogP contribution is 2.12. The largest absolute Gasteiger partial charge is 0.394 e. The second kappa shape index (κ2) is 21.8. The Morgan fingerprint density at radius 2 is 1.04 bits per heavy atom. The van der Waals surface area contributed by atoms with E-state index in [1.807, 2.05) is 0 Å². The van der Waals surface area contributed by atoms with Gasteiger partial charge in [-0.15, -0.1) is 0 Å². The molecule has 6 nitrogen and oxygen atoms in total. The van der Waals surface area contributed by atoms with Crippen molar-refractivity contribution in [2.45, 2.75) is 46.0 Å². The van der Waals surface area contributed by atoms with Crippen molar-refractivity contribution in [3.8, 4) is 0 Å². The van der Waals surface area contributed by atoms with Crippen molar-refractivity contribution in [3.63, 3.8) is 0 Å². The highest BCUT2D eigenvalue weighted by atomic mass is 16.6. The SMILES string of the molecule is CCCCCC(C)CCOCCOCCOCCOCCOCCO. The van der Waals surface area contributed by atoms with Gasteiger partial charge in [-0.25, -0.2) is 0 Å². The van der Waals surface area contributed by atoms with Crippen LogP contribution in [-0.2, 0) is 23.7 Å². The summed E-state index contributed by atoms with van der Waals surface area (Å²) in [7, 11) is 0. The molecule has 0 aromatic rings. The molecule has 0 fully saturated rings. The summed E-state index contributed by atoms with van der Waals surface area (Å²) in [6, 6.07) is 0. The Balaban J connectivity index is 3.05. The minimum absolute atomic E-state index is 0.0479. The molecule has 0 aliphatic rings. The Morgan fingerprint density at radius 3 is 1.48 bits per heavy atom. The first kappa shape index (κ1) is 24.8. The fourth-order valence-electron chi connectivity index (χ4n) is 2.22. The van der Waals surface area contributed by atoms with Gasteiger partial charge >= 0.3 is 0 Å². The molecule has 0 heterocycles. The van der Waals surface area contributed by atoms with Gasteiger partial charge < -0.3 is 28.8 Å². The number of aliphatic hydroxyl groups is 1. The van der Waals surface area contributed by atoms with E-state index in [-0.39, 0.29) is 6.61 Å². The van der Waals surface area contributed by atoms with Gasteiger partial charge in [-0.2, -0.15) is 0 Å². The molecule has 0 aliphatic heterocycles. The van der Waals surface area contributed by atoms with E-state index in [1.165, 1.54) is 25.7 Å². The normalized spacial score (nSPS) is 12.6. The Morgan fingerprint density at radius 1 is 0.600 bits per heavy atom. The van der Waals surface area contributed by atoms with Gasteiger partial charge in [0.15, 0.2) is 0 Å². The van der Waals surface area contributed by atoms with Gasteiger partial charge in [0.2, 0.25) is 0 Å². The summed E-state index contributed by atoms with van der Waals surface area (Å²) >= 11 is 0. The molecule has 25 heavy (non-hydrogen) atoms. The Kier molecular flexibility index (Phi) is 21.6. The Bertz CT molecular complexity index is 240. The topological polar surface area (TPSA) is 66.4 Å². The zero-order chi connectivity index (χ0) is 18.4. The first-order valence-corrected chi connectivity index (χ1v) is 9.80. The lowest BCUT2D eigenvalue weighted by molar-refractivity contribution is -0.0138. The summed E-state index contributed by atoms with van der Waals surface area (Å²) in [5.41, 5.74) is 0. The van der Waals surface area contributed by atoms with E-state index in [1.54, 1.807) is 0 Å². The summed E-state index contributed by atoms with van der Waals surface area (Å²) in [5, 5.41) is 8.52. The number of aliphatic hydroxyl groups excluding tert-OH is 1. The quantitative estimate of drug-likeness (QED) is 0.316. The van der Waals surface area contributed by atoms with Crippen molar-refractivity contribution >= 4 is 0 Å². The van der Waals surface area contributed by atoms with Gasteiger partial charge in [0, 0.05) is 6.61 Å². The van der Waals surface area contributed by atoms with Crippen LogP contribution in [0.5, 0.6) is 0 Å². The van der Waals surface area contributed by atoms with E-state index >= 15 is 0 Å². The van der Waals surface area contributed by atoms with Gasteiger partial charge in [-0.1, -0.05) is 39.5 Å². The fourth-order valence-corrected chi connectivity index (χ4v) is 2.22. The molecule has 0 aliphatic carbocycles. The van der Waals surface area contributed by atoms with Gasteiger partial charge in [0.25, 0.3) is 0 Å². The van der Waals surface area contributed by atoms with Gasteiger partial charge in [-0.3, -0.25) is 0 Å². The van der Waals surface area contributed by atoms with Crippen LogP contribution in [0.25, 0.3) is 0 Å². The van der Waals surface area contributed by atoms with Crippen molar-refractivity contribution in [3.05, 3.63) is 0 Å². The minimum atomic E-state index is 0.0479. The lowest BCUT2D eigenvalue weighted by Crippen LogP contribution is -2.14. The van der Waals surface area contributed by atoms with E-state index in [0.29, 0.717) is 59.5 Å². The second-order valence-corrected chi connectivity index (χ2v) is 6.18. The van der Waals surface area contributed by atoms with E-state index in [4.69, 9.17) is 28.8 Å². The maximum absolute atomic E-state index is 8.52. The average Bonchev–Trinajstić information content (AvgIpc) is 2.61. The molecule has 1 N–H and O–H groups in total. The monoisotopic (exact) mass is 364 g/mol. The summed E-state index contributed by atoms with van der Waals surface area (Å²) in [4.78, 5) is 0. The van der Waals surface area contributed by atoms with Crippen molar-refractivity contribution in [2.75, 3.05) is 72.7 Å². The van der Waals surface area contributed by atoms with Crippen molar-refractivity contribution < 1.29 is 28.8 Å². The highest BCUT2D eigenvalue weighted by Gasteiger charge is 2.01. The number of hydrogen-bond donors (Lipinski definition) is 1. The molecule has 1 atom stereocenters. The number of ether oxygens (including phenoxy) is 5. The summed E-state index contributed by atoms with van der Waals surface area (Å²) in [5.74, 6) is 0.754. The molecule has 152 valence electrons. The second-order valence-electron chi connectivity index (χ2n) is 6.18. The molecular formula is C19H40O6. The van der Waals surface area contributed by atoms with Crippen molar-refractivity contribution in [2.24, 2.45) is 5.92 Å². The molecule has 6 heteroatoms. The van der Waals surface area contributed by atoms with Crippen LogP contribution in [-0.4, -0.2) is 77.8 Å². The molecule has 0 saturated heterocycles. The van der Waals surface area contributed by atoms with Crippen LogP contribution in [0.15, 0.2) is 0 Å². The molecular weight excluding hydrogens is 324 g/mol. The predicted molar refractivity (Wildman–Crippen MR) is 99.1 cm³/mol. The van der Waals surface area contributed by atoms with Crippen LogP contribution in [0.3, 0.4) is 0 Å². The van der Waals surface area contributed by atoms with E-state index in [0.717, 1.165) is 18.9 Å². The van der Waals surface area contributed by atoms with Gasteiger partial charge in [0.05, 0.1) is 66.1 Å². The molecule has 0 amide bonds. The lowest BCUT2D eigenvalue weighted by atomic mass is 10.0. The van der Waals surface area contributed by atoms with Crippen LogP contribution < -0.4 is 0 Å². The van der Waals surface area contributed by atoms with Crippen LogP contribution >= 0.6 is 0 Å². The van der Waals surface area contributed by atoms with E-state index in [2.05, 4.69) is 13.8 Å². The number of hydrogen-bond acceptors (Lipinski definition) is 6. The molecule has 0 rings (SSSR count). The van der Waals surface area contributed by atoms with Crippen LogP contribution in [0.1, 0.15) is 46.0 Å². The Hall–Kier alpha value is -0.240. The maximum atomic E-state index is 8.52. The zero-order valence-corrected chi connectivity index (χ0v) is 16.4. The average molecular weight is 365 g/mol. The molecule has 0 bridgehead atoms. The Labute approximate surface area is 154 Å². The number of unbranched alkanes of at least 4 members (excludes halogenated alkanes) is 2. The maximum Gasteiger partial charge on any atom is 0.0701 e. The third-order valence-corrected chi connectivity index (χ3v) is 3.78. The van der Waals surface area contributed by atoms with Gasteiger partial charge in [-0.05, 0) is 12.3 Å². The van der Waals surface area contributed by atoms with Gasteiger partial charge in [0.1, 0.15) is 0 Å². The third-order valence-electron chi connectivity index (χ3n) is 3.78. The highest BCUT2D eigenvalue weighted by molar-refractivity contribution is 4.53. The van der Waals surface area contributed by atoms with E-state index in [9.17, 15) is 0 Å². The first-order chi connectivity index (χ1) is 12.3. The van der Waals surface area contributed by atoms with E-state index < -0.39 is 0 Å². The molecule has 0 aromatic heterocycles. The molecule has 0 saturated carbocycles. The zero-order valence-electron chi connectivity index (χ0n) is 16.4. The first-order valence-electron chi connectivity index (χ1n) is 9.80. The minimum Gasteiger partial charge on any atom is -0.394 e. The lowest BCUT2D eigenvalue weighted by Gasteiger charge is -2.11. The van der Waals surface area contributed by atoms with Crippen molar-refractivity contribution in [1.29, 1.82) is 0 Å². The van der Waals surface area contributed by atoms with Crippen LogP contribution in [0.4, 0.5) is 0 Å². The number of rotatable bonds is 21. The summed E-state index contributed by atoms with van der Waals surface area (Å²) in [6.45, 7) is 10.3. The third kappa shape index (κ3) is 21.7. The summed E-state index contributed by atoms with van der Waals surface area (Å²) in [6.07, 6.45) is 6.41. The fraction of sp³-hybridized carbons (Fsp3) is 1.00. The van der Waals surface area contributed by atoms with Crippen LogP contribution in [0, 0.1) is 5.92 Å². The predicted octanol–water partition coefficient (Wildman–Crippen LogP) is 2.67. The smallest absolute Gasteiger partial charge is 0.0701 e. The van der Waals surface area contributed by atoms with Crippen molar-refractivity contribution in [1.82, 2.24) is 0 Å². The van der Waals surface area contributed by atoms with Crippen LogP contribution in [0.2, 0.25) is 0 Å².